The molecule has 9 nitrogen and oxygen atoms in total. The van der Waals surface area contributed by atoms with Gasteiger partial charge in [0.2, 0.25) is 15.7 Å². The van der Waals surface area contributed by atoms with E-state index < -0.39 is 68.9 Å². The Labute approximate surface area is 170 Å². The van der Waals surface area contributed by atoms with Gasteiger partial charge >= 0.3 is 18.1 Å². The lowest BCUT2D eigenvalue weighted by Gasteiger charge is -2.18. The first-order valence-corrected chi connectivity index (χ1v) is 9.65. The summed E-state index contributed by atoms with van der Waals surface area (Å²) in [4.78, 5) is 23.3. The smallest absolute Gasteiger partial charge is 0.461 e. The second-order valence-electron chi connectivity index (χ2n) is 5.56. The van der Waals surface area contributed by atoms with Crippen molar-refractivity contribution in [2.45, 2.75) is 19.0 Å². The topological polar surface area (TPSA) is 138 Å². The van der Waals surface area contributed by atoms with E-state index in [-0.39, 0.29) is 0 Å². The summed E-state index contributed by atoms with van der Waals surface area (Å²) in [5.41, 5.74) is -2.38. The first-order chi connectivity index (χ1) is 14.0. The van der Waals surface area contributed by atoms with Crippen LogP contribution < -0.4 is 10.1 Å². The van der Waals surface area contributed by atoms with Crippen LogP contribution in [0.25, 0.3) is 0 Å². The SMILES string of the molecule is CCOC(=O)C(=NNc1cc(NS(C)(=O)=O)c(C#N)cc1F)C(=O)C(F)(F)C(F)(F)F. The van der Waals surface area contributed by atoms with E-state index in [0.29, 0.717) is 18.4 Å². The molecule has 31 heavy (non-hydrogen) atoms. The van der Waals surface area contributed by atoms with Gasteiger partial charge in [-0.2, -0.15) is 32.3 Å². The van der Waals surface area contributed by atoms with Crippen molar-refractivity contribution in [2.75, 3.05) is 23.0 Å². The Balaban J connectivity index is 3.49. The first kappa shape index (κ1) is 25.7. The number of hydrogen-bond acceptors (Lipinski definition) is 8. The van der Waals surface area contributed by atoms with Crippen LogP contribution in [-0.4, -0.2) is 50.8 Å². The fourth-order valence-corrected chi connectivity index (χ4v) is 2.39. The second kappa shape index (κ2) is 9.20. The maximum Gasteiger partial charge on any atom is 0.461 e. The summed E-state index contributed by atoms with van der Waals surface area (Å²) in [6.07, 6.45) is -5.69. The lowest BCUT2D eigenvalue weighted by molar-refractivity contribution is -0.265. The van der Waals surface area contributed by atoms with Crippen molar-refractivity contribution >= 4 is 38.9 Å². The number of sulfonamides is 1. The van der Waals surface area contributed by atoms with Gasteiger partial charge in [-0.3, -0.25) is 14.9 Å². The third-order valence-corrected chi connectivity index (χ3v) is 3.73. The summed E-state index contributed by atoms with van der Waals surface area (Å²) in [6, 6.07) is 2.52. The number of esters is 1. The van der Waals surface area contributed by atoms with Gasteiger partial charge in [0.15, 0.2) is 0 Å². The molecule has 0 bridgehead atoms. The molecule has 0 saturated carbocycles. The summed E-state index contributed by atoms with van der Waals surface area (Å²) in [7, 11) is -3.98. The summed E-state index contributed by atoms with van der Waals surface area (Å²) in [5, 5.41) is 11.7. The maximum atomic E-state index is 14.1. The predicted molar refractivity (Wildman–Crippen MR) is 93.3 cm³/mol. The van der Waals surface area contributed by atoms with E-state index in [4.69, 9.17) is 5.26 Å². The standard InChI is InChI=1S/C15H12F6N4O5S/c1-3-30-13(27)11(12(26)14(17,18)15(19,20)21)24-23-10-5-9(25-31(2,28)29)7(6-22)4-8(10)16/h4-5,23,25H,3H2,1-2H3. The molecule has 1 aromatic rings. The van der Waals surface area contributed by atoms with Crippen molar-refractivity contribution in [1.29, 1.82) is 5.26 Å². The Morgan fingerprint density at radius 3 is 2.23 bits per heavy atom. The summed E-state index contributed by atoms with van der Waals surface area (Å²) in [6.45, 7) is 0.620. The van der Waals surface area contributed by atoms with Gasteiger partial charge in [-0.15, -0.1) is 0 Å². The number of hydrogen-bond donors (Lipinski definition) is 2. The molecule has 1 rings (SSSR count). The molecule has 0 aliphatic heterocycles. The number of Topliss-reactive ketones (excluding diaryl/α,β-unsaturated/α-hetero) is 1. The highest BCUT2D eigenvalue weighted by Crippen LogP contribution is 2.36. The van der Waals surface area contributed by atoms with Gasteiger partial charge in [-0.25, -0.2) is 17.6 Å². The highest BCUT2D eigenvalue weighted by molar-refractivity contribution is 7.92. The number of nitrogens with zero attached hydrogens (tertiary/aromatic N) is 2. The molecular weight excluding hydrogens is 462 g/mol. The molecule has 0 aliphatic carbocycles. The molecule has 0 unspecified atom stereocenters. The fourth-order valence-electron chi connectivity index (χ4n) is 1.82. The zero-order valence-corrected chi connectivity index (χ0v) is 16.3. The van der Waals surface area contributed by atoms with Gasteiger partial charge in [-0.1, -0.05) is 0 Å². The molecule has 1 aromatic carbocycles. The average molecular weight is 474 g/mol. The number of nitrogens with one attached hydrogen (secondary N) is 2. The molecule has 16 heteroatoms. The lowest BCUT2D eigenvalue weighted by Crippen LogP contribution is -2.49. The number of nitriles is 1. The Morgan fingerprint density at radius 1 is 1.19 bits per heavy atom. The van der Waals surface area contributed by atoms with Crippen molar-refractivity contribution in [3.8, 4) is 6.07 Å². The molecule has 0 saturated heterocycles. The van der Waals surface area contributed by atoms with Crippen LogP contribution in [0.4, 0.5) is 37.7 Å². The van der Waals surface area contributed by atoms with Gasteiger partial charge < -0.3 is 4.74 Å². The summed E-state index contributed by atoms with van der Waals surface area (Å²) in [5.74, 6) is -12.4. The highest BCUT2D eigenvalue weighted by atomic mass is 32.2. The monoisotopic (exact) mass is 474 g/mol. The van der Waals surface area contributed by atoms with Gasteiger partial charge in [0.05, 0.1) is 29.8 Å². The molecule has 0 aromatic heterocycles. The summed E-state index contributed by atoms with van der Waals surface area (Å²) < 4.78 is 107. The Morgan fingerprint density at radius 2 is 1.77 bits per heavy atom. The zero-order valence-electron chi connectivity index (χ0n) is 15.5. The number of rotatable bonds is 8. The van der Waals surface area contributed by atoms with Gasteiger partial charge in [0.25, 0.3) is 5.78 Å². The van der Waals surface area contributed by atoms with Gasteiger partial charge in [-0.05, 0) is 19.1 Å². The number of carbonyl (C=O) groups excluding carboxylic acids is 2. The minimum absolute atomic E-state index is 0.474. The van der Waals surface area contributed by atoms with E-state index in [9.17, 15) is 44.3 Å². The van der Waals surface area contributed by atoms with Crippen molar-refractivity contribution in [2.24, 2.45) is 5.10 Å². The van der Waals surface area contributed by atoms with Crippen LogP contribution in [0.15, 0.2) is 17.2 Å². The van der Waals surface area contributed by atoms with E-state index in [1.165, 1.54) is 6.07 Å². The molecule has 0 amide bonds. The van der Waals surface area contributed by atoms with Crippen molar-refractivity contribution in [3.63, 3.8) is 0 Å². The molecule has 2 N–H and O–H groups in total. The van der Waals surface area contributed by atoms with Crippen LogP contribution in [0.3, 0.4) is 0 Å². The second-order valence-corrected chi connectivity index (χ2v) is 7.31. The number of alkyl halides is 5. The van der Waals surface area contributed by atoms with E-state index >= 15 is 0 Å². The maximum absolute atomic E-state index is 14.1. The quantitative estimate of drug-likeness (QED) is 0.194. The predicted octanol–water partition coefficient (Wildman–Crippen LogP) is 2.17. The van der Waals surface area contributed by atoms with Crippen molar-refractivity contribution < 1.29 is 49.1 Å². The number of ether oxygens (including phenoxy) is 1. The Kier molecular flexibility index (Phi) is 7.63. The van der Waals surface area contributed by atoms with Crippen molar-refractivity contribution in [3.05, 3.63) is 23.5 Å². The molecular formula is C15H12F6N4O5S. The van der Waals surface area contributed by atoms with Crippen LogP contribution in [-0.2, 0) is 24.3 Å². The number of anilines is 2. The fraction of sp³-hybridized carbons (Fsp3) is 0.333. The van der Waals surface area contributed by atoms with Crippen molar-refractivity contribution in [1.82, 2.24) is 0 Å². The minimum atomic E-state index is -6.37. The third kappa shape index (κ3) is 6.31. The lowest BCUT2D eigenvalue weighted by atomic mass is 10.1. The van der Waals surface area contributed by atoms with E-state index in [1.54, 1.807) is 5.43 Å². The number of ketones is 1. The Hall–Kier alpha value is -3.35. The summed E-state index contributed by atoms with van der Waals surface area (Å²) >= 11 is 0. The average Bonchev–Trinajstić information content (AvgIpc) is 2.61. The van der Waals surface area contributed by atoms with Crippen LogP contribution in [0.5, 0.6) is 0 Å². The number of hydrazone groups is 1. The van der Waals surface area contributed by atoms with Gasteiger partial charge in [0.1, 0.15) is 11.9 Å². The highest BCUT2D eigenvalue weighted by Gasteiger charge is 2.65. The first-order valence-electron chi connectivity index (χ1n) is 7.76. The van der Waals surface area contributed by atoms with E-state index in [2.05, 4.69) is 9.84 Å². The molecule has 0 spiro atoms. The van der Waals surface area contributed by atoms with E-state index in [1.807, 2.05) is 4.72 Å². The molecule has 0 fully saturated rings. The molecule has 0 aliphatic rings. The Bertz CT molecular complexity index is 1060. The molecule has 0 atom stereocenters. The zero-order chi connectivity index (χ0) is 24.2. The van der Waals surface area contributed by atoms with Crippen LogP contribution >= 0.6 is 0 Å². The molecule has 0 radical (unpaired) electrons. The number of carbonyl (C=O) groups is 2. The molecule has 170 valence electrons. The van der Waals surface area contributed by atoms with Crippen LogP contribution in [0, 0.1) is 17.1 Å². The van der Waals surface area contributed by atoms with Crippen LogP contribution in [0.2, 0.25) is 0 Å². The normalized spacial score (nSPS) is 12.7. The number of halogens is 6. The van der Waals surface area contributed by atoms with Gasteiger partial charge in [0, 0.05) is 0 Å². The van der Waals surface area contributed by atoms with E-state index in [0.717, 1.165) is 6.92 Å². The largest absolute Gasteiger partial charge is 0.461 e. The minimum Gasteiger partial charge on any atom is -0.461 e. The number of benzene rings is 1. The third-order valence-electron chi connectivity index (χ3n) is 3.14. The molecule has 0 heterocycles. The van der Waals surface area contributed by atoms with Crippen LogP contribution in [0.1, 0.15) is 12.5 Å².